The summed E-state index contributed by atoms with van der Waals surface area (Å²) in [6.07, 6.45) is 6.62. The van der Waals surface area contributed by atoms with Crippen molar-refractivity contribution >= 4 is 0 Å². The molecule has 0 aromatic rings. The van der Waals surface area contributed by atoms with Gasteiger partial charge < -0.3 is 5.32 Å². The highest BCUT2D eigenvalue weighted by Gasteiger charge is 2.12. The van der Waals surface area contributed by atoms with Crippen LogP contribution in [0.2, 0.25) is 0 Å². The van der Waals surface area contributed by atoms with E-state index in [1.54, 1.807) is 11.1 Å². The van der Waals surface area contributed by atoms with Crippen molar-refractivity contribution < 1.29 is 0 Å². The van der Waals surface area contributed by atoms with Gasteiger partial charge in [0.1, 0.15) is 0 Å². The van der Waals surface area contributed by atoms with Crippen molar-refractivity contribution in [2.45, 2.75) is 58.9 Å². The lowest BCUT2D eigenvalue weighted by Crippen LogP contribution is -2.34. The van der Waals surface area contributed by atoms with Gasteiger partial charge in [-0.25, -0.2) is 0 Å². The second kappa shape index (κ2) is 5.43. The van der Waals surface area contributed by atoms with Crippen molar-refractivity contribution in [1.29, 1.82) is 0 Å². The molecule has 0 aliphatic carbocycles. The zero-order chi connectivity index (χ0) is 9.68. The van der Waals surface area contributed by atoms with E-state index in [9.17, 15) is 0 Å². The van der Waals surface area contributed by atoms with E-state index in [2.05, 4.69) is 26.1 Å². The molecule has 1 rings (SSSR count). The van der Waals surface area contributed by atoms with Gasteiger partial charge in [0.15, 0.2) is 0 Å². The van der Waals surface area contributed by atoms with E-state index < -0.39 is 0 Å². The van der Waals surface area contributed by atoms with Crippen molar-refractivity contribution in [2.24, 2.45) is 0 Å². The first-order valence-electron chi connectivity index (χ1n) is 5.62. The summed E-state index contributed by atoms with van der Waals surface area (Å²) in [4.78, 5) is 0. The van der Waals surface area contributed by atoms with Gasteiger partial charge in [-0.15, -0.1) is 0 Å². The van der Waals surface area contributed by atoms with Crippen LogP contribution in [0.1, 0.15) is 52.9 Å². The van der Waals surface area contributed by atoms with Crippen LogP contribution in [0, 0.1) is 0 Å². The normalized spacial score (nSPS) is 25.6. The summed E-state index contributed by atoms with van der Waals surface area (Å²) < 4.78 is 0. The Morgan fingerprint density at radius 3 is 2.54 bits per heavy atom. The molecule has 0 aromatic carbocycles. The van der Waals surface area contributed by atoms with Crippen LogP contribution in [0.25, 0.3) is 0 Å². The molecule has 0 saturated carbocycles. The third-order valence-electron chi connectivity index (χ3n) is 3.22. The lowest BCUT2D eigenvalue weighted by Gasteiger charge is -2.24. The maximum atomic E-state index is 3.59. The second-order valence-corrected chi connectivity index (χ2v) is 4.27. The van der Waals surface area contributed by atoms with Gasteiger partial charge in [0.25, 0.3) is 0 Å². The number of rotatable bonds is 3. The number of hydrogen-bond acceptors (Lipinski definition) is 1. The molecule has 0 bridgehead atoms. The number of nitrogens with one attached hydrogen (secondary N) is 1. The Bertz CT molecular complexity index is 176. The molecule has 1 atom stereocenters. The minimum absolute atomic E-state index is 0.759. The average Bonchev–Trinajstić information content (AvgIpc) is 2.18. The summed E-state index contributed by atoms with van der Waals surface area (Å²) >= 11 is 0. The van der Waals surface area contributed by atoms with Crippen molar-refractivity contribution in [2.75, 3.05) is 6.54 Å². The zero-order valence-corrected chi connectivity index (χ0v) is 9.32. The molecule has 1 aliphatic heterocycles. The van der Waals surface area contributed by atoms with Gasteiger partial charge in [0, 0.05) is 6.04 Å². The summed E-state index contributed by atoms with van der Waals surface area (Å²) in [5, 5.41) is 3.59. The largest absolute Gasteiger partial charge is 0.314 e. The van der Waals surface area contributed by atoms with Crippen LogP contribution < -0.4 is 5.32 Å². The second-order valence-electron chi connectivity index (χ2n) is 4.27. The molecule has 0 spiro atoms. The van der Waals surface area contributed by atoms with Crippen LogP contribution in [0.4, 0.5) is 0 Å². The van der Waals surface area contributed by atoms with Gasteiger partial charge in [-0.3, -0.25) is 0 Å². The van der Waals surface area contributed by atoms with E-state index in [0.717, 1.165) is 6.04 Å². The van der Waals surface area contributed by atoms with Gasteiger partial charge in [0.2, 0.25) is 0 Å². The Kier molecular flexibility index (Phi) is 4.51. The van der Waals surface area contributed by atoms with E-state index in [1.165, 1.54) is 38.6 Å². The Balaban J connectivity index is 2.38. The molecule has 0 amide bonds. The molecule has 1 heterocycles. The smallest absolute Gasteiger partial charge is 0.0104 e. The fourth-order valence-electron chi connectivity index (χ4n) is 1.94. The highest BCUT2D eigenvalue weighted by molar-refractivity contribution is 5.10. The zero-order valence-electron chi connectivity index (χ0n) is 9.32. The minimum atomic E-state index is 0.759. The lowest BCUT2D eigenvalue weighted by atomic mass is 9.95. The fraction of sp³-hybridized carbons (Fsp3) is 0.833. The molecule has 1 saturated heterocycles. The van der Waals surface area contributed by atoms with Crippen molar-refractivity contribution in [1.82, 2.24) is 5.32 Å². The van der Waals surface area contributed by atoms with Gasteiger partial charge in [-0.1, -0.05) is 24.5 Å². The number of hydrogen-bond donors (Lipinski definition) is 1. The number of allylic oxidation sites excluding steroid dienone is 1. The summed E-state index contributed by atoms with van der Waals surface area (Å²) in [7, 11) is 0. The van der Waals surface area contributed by atoms with Gasteiger partial charge >= 0.3 is 0 Å². The highest BCUT2D eigenvalue weighted by atomic mass is 14.9. The Morgan fingerprint density at radius 1 is 1.23 bits per heavy atom. The lowest BCUT2D eigenvalue weighted by molar-refractivity contribution is 0.398. The molecule has 0 radical (unpaired) electrons. The first kappa shape index (κ1) is 10.8. The molecule has 1 heteroatoms. The van der Waals surface area contributed by atoms with Crippen LogP contribution in [-0.2, 0) is 0 Å². The SMILES string of the molecule is CCC(C)=C(C)CC1CCCCN1. The molecule has 1 fully saturated rings. The molecule has 76 valence electrons. The van der Waals surface area contributed by atoms with Crippen molar-refractivity contribution in [3.8, 4) is 0 Å². The average molecular weight is 181 g/mol. The molecule has 0 aromatic heterocycles. The molecule has 1 unspecified atom stereocenters. The summed E-state index contributed by atoms with van der Waals surface area (Å²) in [6, 6.07) is 0.759. The topological polar surface area (TPSA) is 12.0 Å². The van der Waals surface area contributed by atoms with Gasteiger partial charge in [-0.05, 0) is 46.1 Å². The van der Waals surface area contributed by atoms with E-state index in [4.69, 9.17) is 0 Å². The molecule has 1 aliphatic rings. The summed E-state index contributed by atoms with van der Waals surface area (Å²) in [5.74, 6) is 0. The van der Waals surface area contributed by atoms with Crippen LogP contribution >= 0.6 is 0 Å². The van der Waals surface area contributed by atoms with Crippen molar-refractivity contribution in [3.63, 3.8) is 0 Å². The van der Waals surface area contributed by atoms with Crippen LogP contribution in [0.15, 0.2) is 11.1 Å². The number of piperidine rings is 1. The van der Waals surface area contributed by atoms with E-state index in [1.807, 2.05) is 0 Å². The molecule has 13 heavy (non-hydrogen) atoms. The Labute approximate surface area is 82.6 Å². The van der Waals surface area contributed by atoms with E-state index >= 15 is 0 Å². The first-order valence-corrected chi connectivity index (χ1v) is 5.62. The Hall–Kier alpha value is -0.300. The predicted molar refractivity (Wildman–Crippen MR) is 58.9 cm³/mol. The molecular formula is C12H23N. The van der Waals surface area contributed by atoms with Gasteiger partial charge in [0.05, 0.1) is 0 Å². The highest BCUT2D eigenvalue weighted by Crippen LogP contribution is 2.18. The van der Waals surface area contributed by atoms with Crippen LogP contribution in [0.5, 0.6) is 0 Å². The quantitative estimate of drug-likeness (QED) is 0.659. The third-order valence-corrected chi connectivity index (χ3v) is 3.22. The van der Waals surface area contributed by atoms with Crippen LogP contribution in [-0.4, -0.2) is 12.6 Å². The molecule has 1 nitrogen and oxygen atoms in total. The van der Waals surface area contributed by atoms with E-state index in [-0.39, 0.29) is 0 Å². The minimum Gasteiger partial charge on any atom is -0.314 e. The Morgan fingerprint density at radius 2 is 2.00 bits per heavy atom. The maximum absolute atomic E-state index is 3.59. The first-order chi connectivity index (χ1) is 6.24. The standard InChI is InChI=1S/C12H23N/c1-4-10(2)11(3)9-12-7-5-6-8-13-12/h12-13H,4-9H2,1-3H3. The monoisotopic (exact) mass is 181 g/mol. The van der Waals surface area contributed by atoms with Gasteiger partial charge in [-0.2, -0.15) is 0 Å². The third kappa shape index (κ3) is 3.51. The van der Waals surface area contributed by atoms with Crippen LogP contribution in [0.3, 0.4) is 0 Å². The maximum Gasteiger partial charge on any atom is 0.0104 e. The van der Waals surface area contributed by atoms with Crippen molar-refractivity contribution in [3.05, 3.63) is 11.1 Å². The fourth-order valence-corrected chi connectivity index (χ4v) is 1.94. The molecular weight excluding hydrogens is 158 g/mol. The predicted octanol–water partition coefficient (Wildman–Crippen LogP) is 3.27. The van der Waals surface area contributed by atoms with E-state index in [0.29, 0.717) is 0 Å². The molecule has 1 N–H and O–H groups in total. The summed E-state index contributed by atoms with van der Waals surface area (Å²) in [5.41, 5.74) is 3.18. The summed E-state index contributed by atoms with van der Waals surface area (Å²) in [6.45, 7) is 8.02.